The van der Waals surface area contributed by atoms with Gasteiger partial charge in [0.1, 0.15) is 0 Å². The number of piperidine rings is 1. The molecule has 0 aliphatic carbocycles. The first-order valence-corrected chi connectivity index (χ1v) is 7.70. The van der Waals surface area contributed by atoms with Gasteiger partial charge in [-0.2, -0.15) is 0 Å². The molecule has 3 heteroatoms. The van der Waals surface area contributed by atoms with Crippen LogP contribution in [-0.2, 0) is 11.3 Å². The van der Waals surface area contributed by atoms with E-state index in [2.05, 4.69) is 35.6 Å². The molecule has 1 atom stereocenters. The van der Waals surface area contributed by atoms with Gasteiger partial charge in [-0.25, -0.2) is 0 Å². The van der Waals surface area contributed by atoms with Crippen molar-refractivity contribution in [2.24, 2.45) is 0 Å². The molecule has 0 radical (unpaired) electrons. The van der Waals surface area contributed by atoms with Crippen molar-refractivity contribution in [3.63, 3.8) is 0 Å². The Bertz CT molecular complexity index is 632. The van der Waals surface area contributed by atoms with Crippen molar-refractivity contribution in [1.29, 1.82) is 0 Å². The predicted molar refractivity (Wildman–Crippen MR) is 86.1 cm³/mol. The third-order valence-corrected chi connectivity index (χ3v) is 4.22. The summed E-state index contributed by atoms with van der Waals surface area (Å²) < 4.78 is 0. The second-order valence-electron chi connectivity index (χ2n) is 5.88. The van der Waals surface area contributed by atoms with Gasteiger partial charge in [-0.15, -0.1) is 0 Å². The zero-order valence-electron chi connectivity index (χ0n) is 12.5. The van der Waals surface area contributed by atoms with Gasteiger partial charge in [0.15, 0.2) is 0 Å². The summed E-state index contributed by atoms with van der Waals surface area (Å²) in [5.74, 6) is 0.211. The van der Waals surface area contributed by atoms with Crippen LogP contribution in [0.25, 0.3) is 10.8 Å². The first-order chi connectivity index (χ1) is 10.2. The molecule has 1 fully saturated rings. The van der Waals surface area contributed by atoms with Crippen molar-refractivity contribution in [3.8, 4) is 0 Å². The summed E-state index contributed by atoms with van der Waals surface area (Å²) in [6.45, 7) is 1.63. The Morgan fingerprint density at radius 3 is 2.76 bits per heavy atom. The highest BCUT2D eigenvalue weighted by Gasteiger charge is 2.23. The third kappa shape index (κ3) is 3.24. The monoisotopic (exact) mass is 282 g/mol. The van der Waals surface area contributed by atoms with Crippen molar-refractivity contribution in [2.45, 2.75) is 31.8 Å². The molecule has 1 amide bonds. The molecule has 0 bridgehead atoms. The van der Waals surface area contributed by atoms with E-state index in [0.717, 1.165) is 19.4 Å². The Labute approximate surface area is 125 Å². The van der Waals surface area contributed by atoms with Gasteiger partial charge in [-0.1, -0.05) is 42.8 Å². The van der Waals surface area contributed by atoms with E-state index < -0.39 is 0 Å². The molecule has 0 spiro atoms. The minimum atomic E-state index is 0.00389. The molecular formula is C18H22N2O. The minimum Gasteiger partial charge on any atom is -0.340 e. The number of hydrogen-bond acceptors (Lipinski definition) is 2. The molecule has 0 unspecified atom stereocenters. The summed E-state index contributed by atoms with van der Waals surface area (Å²) in [4.78, 5) is 14.3. The minimum absolute atomic E-state index is 0.00389. The van der Waals surface area contributed by atoms with E-state index in [1.807, 2.05) is 24.1 Å². The van der Waals surface area contributed by atoms with E-state index >= 15 is 0 Å². The quantitative estimate of drug-likeness (QED) is 0.938. The molecule has 0 aromatic heterocycles. The van der Waals surface area contributed by atoms with Crippen LogP contribution in [0.1, 0.15) is 24.8 Å². The van der Waals surface area contributed by atoms with Gasteiger partial charge in [0.05, 0.1) is 6.04 Å². The first-order valence-electron chi connectivity index (χ1n) is 7.70. The number of carbonyl (C=O) groups excluding carboxylic acids is 1. The van der Waals surface area contributed by atoms with Gasteiger partial charge in [0, 0.05) is 13.6 Å². The van der Waals surface area contributed by atoms with Gasteiger partial charge < -0.3 is 10.2 Å². The molecule has 2 aromatic rings. The largest absolute Gasteiger partial charge is 0.340 e. The third-order valence-electron chi connectivity index (χ3n) is 4.22. The Morgan fingerprint density at radius 2 is 2.00 bits per heavy atom. The van der Waals surface area contributed by atoms with Crippen LogP contribution in [0.2, 0.25) is 0 Å². The van der Waals surface area contributed by atoms with Gasteiger partial charge in [-0.05, 0) is 41.8 Å². The zero-order valence-corrected chi connectivity index (χ0v) is 12.5. The molecule has 0 saturated carbocycles. The maximum absolute atomic E-state index is 12.4. The fraction of sp³-hybridized carbons (Fsp3) is 0.389. The number of nitrogens with one attached hydrogen (secondary N) is 1. The van der Waals surface area contributed by atoms with E-state index in [4.69, 9.17) is 0 Å². The number of benzene rings is 2. The van der Waals surface area contributed by atoms with Crippen molar-refractivity contribution in [3.05, 3.63) is 48.0 Å². The summed E-state index contributed by atoms with van der Waals surface area (Å²) in [5.41, 5.74) is 1.18. The smallest absolute Gasteiger partial charge is 0.239 e. The predicted octanol–water partition coefficient (Wildman–Crippen LogP) is 2.94. The molecule has 3 nitrogen and oxygen atoms in total. The van der Waals surface area contributed by atoms with E-state index in [-0.39, 0.29) is 11.9 Å². The lowest BCUT2D eigenvalue weighted by atomic mass is 10.0. The SMILES string of the molecule is CN(Cc1ccc2ccccc2c1)C(=O)[C@H]1CCCCN1. The van der Waals surface area contributed by atoms with Crippen molar-refractivity contribution < 1.29 is 4.79 Å². The number of amides is 1. The zero-order chi connectivity index (χ0) is 14.7. The maximum atomic E-state index is 12.4. The van der Waals surface area contributed by atoms with Crippen LogP contribution in [0.4, 0.5) is 0 Å². The second-order valence-corrected chi connectivity index (χ2v) is 5.88. The average Bonchev–Trinajstić information content (AvgIpc) is 2.55. The Balaban J connectivity index is 1.70. The van der Waals surface area contributed by atoms with Crippen molar-refractivity contribution in [1.82, 2.24) is 10.2 Å². The highest BCUT2D eigenvalue weighted by molar-refractivity contribution is 5.84. The van der Waals surface area contributed by atoms with E-state index in [0.29, 0.717) is 6.54 Å². The fourth-order valence-electron chi connectivity index (χ4n) is 3.02. The van der Waals surface area contributed by atoms with E-state index in [1.165, 1.54) is 22.8 Å². The Morgan fingerprint density at radius 1 is 1.19 bits per heavy atom. The second kappa shape index (κ2) is 6.27. The van der Waals surface area contributed by atoms with E-state index in [1.54, 1.807) is 0 Å². The van der Waals surface area contributed by atoms with Crippen molar-refractivity contribution >= 4 is 16.7 Å². The number of hydrogen-bond donors (Lipinski definition) is 1. The number of rotatable bonds is 3. The lowest BCUT2D eigenvalue weighted by molar-refractivity contribution is -0.133. The Kier molecular flexibility index (Phi) is 4.20. The average molecular weight is 282 g/mol. The van der Waals surface area contributed by atoms with Crippen LogP contribution in [0.5, 0.6) is 0 Å². The highest BCUT2D eigenvalue weighted by Crippen LogP contribution is 2.17. The summed E-state index contributed by atoms with van der Waals surface area (Å²) in [5, 5.41) is 5.79. The normalized spacial score (nSPS) is 18.6. The molecule has 1 saturated heterocycles. The molecule has 1 N–H and O–H groups in total. The lowest BCUT2D eigenvalue weighted by Crippen LogP contribution is -2.46. The van der Waals surface area contributed by atoms with E-state index in [9.17, 15) is 4.79 Å². The van der Waals surface area contributed by atoms with Crippen molar-refractivity contribution in [2.75, 3.05) is 13.6 Å². The molecule has 1 heterocycles. The highest BCUT2D eigenvalue weighted by atomic mass is 16.2. The van der Waals surface area contributed by atoms with Gasteiger partial charge in [-0.3, -0.25) is 4.79 Å². The van der Waals surface area contributed by atoms with Crippen LogP contribution in [0.15, 0.2) is 42.5 Å². The number of carbonyl (C=O) groups is 1. The number of fused-ring (bicyclic) bond motifs is 1. The molecule has 2 aromatic carbocycles. The molecule has 3 rings (SSSR count). The summed E-state index contributed by atoms with van der Waals surface area (Å²) in [6, 6.07) is 14.7. The Hall–Kier alpha value is -1.87. The summed E-state index contributed by atoms with van der Waals surface area (Å²) in [6.07, 6.45) is 3.28. The number of likely N-dealkylation sites (N-methyl/N-ethyl adjacent to an activating group) is 1. The topological polar surface area (TPSA) is 32.3 Å². The molecular weight excluding hydrogens is 260 g/mol. The van der Waals surface area contributed by atoms with Gasteiger partial charge in [0.2, 0.25) is 5.91 Å². The van der Waals surface area contributed by atoms with Gasteiger partial charge >= 0.3 is 0 Å². The summed E-state index contributed by atoms with van der Waals surface area (Å²) >= 11 is 0. The molecule has 110 valence electrons. The van der Waals surface area contributed by atoms with Crippen LogP contribution in [-0.4, -0.2) is 30.4 Å². The van der Waals surface area contributed by atoms with Crippen LogP contribution in [0.3, 0.4) is 0 Å². The molecule has 1 aliphatic rings. The maximum Gasteiger partial charge on any atom is 0.239 e. The lowest BCUT2D eigenvalue weighted by Gasteiger charge is -2.27. The fourth-order valence-corrected chi connectivity index (χ4v) is 3.02. The first kappa shape index (κ1) is 14.1. The van der Waals surface area contributed by atoms with Gasteiger partial charge in [0.25, 0.3) is 0 Å². The summed E-state index contributed by atoms with van der Waals surface area (Å²) in [7, 11) is 1.90. The number of nitrogens with zero attached hydrogens (tertiary/aromatic N) is 1. The van der Waals surface area contributed by atoms with Crippen LogP contribution in [0, 0.1) is 0 Å². The van der Waals surface area contributed by atoms with Crippen LogP contribution >= 0.6 is 0 Å². The molecule has 1 aliphatic heterocycles. The molecule has 21 heavy (non-hydrogen) atoms. The standard InChI is InChI=1S/C18H22N2O/c1-20(18(21)17-8-4-5-11-19-17)13-14-9-10-15-6-2-3-7-16(15)12-14/h2-3,6-7,9-10,12,17,19H,4-5,8,11,13H2,1H3/t17-/m1/s1. The van der Waals surface area contributed by atoms with Crippen LogP contribution < -0.4 is 5.32 Å².